The molecule has 4 unspecified atom stereocenters. The number of hydrogen-bond acceptors (Lipinski definition) is 7. The molecular formula is C24H29N7O7. The summed E-state index contributed by atoms with van der Waals surface area (Å²) in [4.78, 5) is 71.3. The Kier molecular flexibility index (Phi) is 9.16. The molecular weight excluding hydrogens is 498 g/mol. The number of aliphatic carboxylic acids is 2. The highest BCUT2D eigenvalue weighted by atomic mass is 16.4. The number of carboxylic acids is 2. The molecule has 1 aromatic carbocycles. The fourth-order valence-electron chi connectivity index (χ4n) is 3.78. The molecule has 0 aliphatic carbocycles. The molecule has 9 N–H and O–H groups in total. The molecule has 3 aromatic rings. The number of aromatic amines is 2. The second-order valence-electron chi connectivity index (χ2n) is 8.75. The number of benzene rings is 1. The summed E-state index contributed by atoms with van der Waals surface area (Å²) in [5.41, 5.74) is 7.57. The van der Waals surface area contributed by atoms with E-state index in [-0.39, 0.29) is 12.8 Å². The average Bonchev–Trinajstić information content (AvgIpc) is 3.52. The van der Waals surface area contributed by atoms with E-state index in [1.54, 1.807) is 6.20 Å². The third kappa shape index (κ3) is 7.39. The monoisotopic (exact) mass is 527 g/mol. The summed E-state index contributed by atoms with van der Waals surface area (Å²) in [6.07, 6.45) is 3.44. The van der Waals surface area contributed by atoms with Gasteiger partial charge in [0.2, 0.25) is 17.7 Å². The maximum absolute atomic E-state index is 13.3. The van der Waals surface area contributed by atoms with E-state index < -0.39 is 60.2 Å². The number of amides is 3. The molecule has 4 atom stereocenters. The lowest BCUT2D eigenvalue weighted by atomic mass is 10.0. The summed E-state index contributed by atoms with van der Waals surface area (Å²) in [7, 11) is 0. The van der Waals surface area contributed by atoms with Gasteiger partial charge in [-0.15, -0.1) is 0 Å². The van der Waals surface area contributed by atoms with Gasteiger partial charge in [-0.05, 0) is 18.6 Å². The molecule has 14 heteroatoms. The zero-order valence-electron chi connectivity index (χ0n) is 20.4. The number of imidazole rings is 1. The van der Waals surface area contributed by atoms with Crippen LogP contribution >= 0.6 is 0 Å². The van der Waals surface area contributed by atoms with Gasteiger partial charge in [0.15, 0.2) is 0 Å². The average molecular weight is 528 g/mol. The van der Waals surface area contributed by atoms with E-state index in [1.807, 2.05) is 24.3 Å². The van der Waals surface area contributed by atoms with E-state index >= 15 is 0 Å². The Morgan fingerprint density at radius 2 is 1.58 bits per heavy atom. The number of nitrogens with one attached hydrogen (secondary N) is 5. The molecule has 3 rings (SSSR count). The number of nitrogens with zero attached hydrogens (tertiary/aromatic N) is 1. The van der Waals surface area contributed by atoms with Gasteiger partial charge in [0, 0.05) is 41.8 Å². The normalized spacial score (nSPS) is 14.2. The molecule has 0 fully saturated rings. The van der Waals surface area contributed by atoms with Gasteiger partial charge in [-0.3, -0.25) is 19.2 Å². The molecule has 0 radical (unpaired) electrons. The van der Waals surface area contributed by atoms with Gasteiger partial charge < -0.3 is 41.9 Å². The Morgan fingerprint density at radius 3 is 2.21 bits per heavy atom. The molecule has 0 aliphatic rings. The van der Waals surface area contributed by atoms with Gasteiger partial charge in [-0.2, -0.15) is 0 Å². The van der Waals surface area contributed by atoms with E-state index in [0.717, 1.165) is 10.9 Å². The fraction of sp³-hybridized carbons (Fsp3) is 0.333. The molecule has 2 heterocycles. The predicted molar refractivity (Wildman–Crippen MR) is 134 cm³/mol. The number of aromatic nitrogens is 3. The largest absolute Gasteiger partial charge is 0.481 e. The van der Waals surface area contributed by atoms with E-state index in [0.29, 0.717) is 11.3 Å². The number of carboxylic acid groups (broad SMARTS) is 2. The molecule has 0 spiro atoms. The van der Waals surface area contributed by atoms with Crippen molar-refractivity contribution in [1.29, 1.82) is 0 Å². The lowest BCUT2D eigenvalue weighted by molar-refractivity contribution is -0.143. The third-order valence-electron chi connectivity index (χ3n) is 5.75. The molecule has 0 saturated heterocycles. The SMILES string of the molecule is CC(N)C(=O)NC(Cc1c[nH]c2ccccc12)C(=O)NC(CC(=O)O)C(=O)NC(Cc1cnc[nH]1)C(=O)O. The molecule has 2 aromatic heterocycles. The number of hydrogen-bond donors (Lipinski definition) is 8. The second kappa shape index (κ2) is 12.5. The van der Waals surface area contributed by atoms with Gasteiger partial charge in [-0.25, -0.2) is 9.78 Å². The van der Waals surface area contributed by atoms with Crippen molar-refractivity contribution in [1.82, 2.24) is 30.9 Å². The van der Waals surface area contributed by atoms with Crippen LogP contribution < -0.4 is 21.7 Å². The summed E-state index contributed by atoms with van der Waals surface area (Å²) in [5.74, 6) is -5.26. The van der Waals surface area contributed by atoms with E-state index in [1.165, 1.54) is 19.4 Å². The lowest BCUT2D eigenvalue weighted by Gasteiger charge is -2.24. The number of para-hydroxylation sites is 1. The van der Waals surface area contributed by atoms with Crippen LogP contribution in [0.3, 0.4) is 0 Å². The maximum atomic E-state index is 13.3. The predicted octanol–water partition coefficient (Wildman–Crippen LogP) is -0.963. The highest BCUT2D eigenvalue weighted by molar-refractivity contribution is 5.96. The first-order valence-corrected chi connectivity index (χ1v) is 11.7. The zero-order chi connectivity index (χ0) is 27.8. The molecule has 0 bridgehead atoms. The summed E-state index contributed by atoms with van der Waals surface area (Å²) in [6.45, 7) is 1.43. The molecule has 0 aliphatic heterocycles. The first-order chi connectivity index (χ1) is 18.0. The van der Waals surface area contributed by atoms with Crippen LogP contribution in [0.5, 0.6) is 0 Å². The number of carbonyl (C=O) groups is 5. The minimum Gasteiger partial charge on any atom is -0.481 e. The van der Waals surface area contributed by atoms with Crippen molar-refractivity contribution in [3.05, 3.63) is 54.2 Å². The van der Waals surface area contributed by atoms with E-state index in [2.05, 4.69) is 30.9 Å². The maximum Gasteiger partial charge on any atom is 0.326 e. The van der Waals surface area contributed by atoms with Gasteiger partial charge in [0.25, 0.3) is 0 Å². The van der Waals surface area contributed by atoms with Crippen LogP contribution in [0.25, 0.3) is 10.9 Å². The minimum atomic E-state index is -1.62. The number of fused-ring (bicyclic) bond motifs is 1. The van der Waals surface area contributed by atoms with E-state index in [9.17, 15) is 34.2 Å². The number of nitrogens with two attached hydrogens (primary N) is 1. The Morgan fingerprint density at radius 1 is 0.921 bits per heavy atom. The summed E-state index contributed by atoms with van der Waals surface area (Å²) in [6, 6.07) is 2.11. The first kappa shape index (κ1) is 27.9. The quantitative estimate of drug-likeness (QED) is 0.136. The number of carbonyl (C=O) groups excluding carboxylic acids is 3. The highest BCUT2D eigenvalue weighted by Crippen LogP contribution is 2.19. The van der Waals surface area contributed by atoms with Crippen LogP contribution in [0.4, 0.5) is 0 Å². The highest BCUT2D eigenvalue weighted by Gasteiger charge is 2.32. The Bertz CT molecular complexity index is 1300. The standard InChI is InChI=1S/C24H29N7O7/c1-12(25)21(34)29-17(6-13-9-27-16-5-3-2-4-15(13)16)22(35)30-18(8-20(32)33)23(36)31-19(24(37)38)7-14-10-26-11-28-14/h2-5,9-12,17-19,27H,6-8,25H2,1H3,(H,26,28)(H,29,34)(H,30,35)(H,31,36)(H,32,33)(H,37,38). The summed E-state index contributed by atoms with van der Waals surface area (Å²) in [5, 5.41) is 26.8. The van der Waals surface area contributed by atoms with Crippen molar-refractivity contribution in [2.45, 2.75) is 50.4 Å². The number of H-pyrrole nitrogens is 2. The van der Waals surface area contributed by atoms with Crippen molar-refractivity contribution in [2.75, 3.05) is 0 Å². The molecule has 0 saturated carbocycles. The topological polar surface area (TPSA) is 232 Å². The zero-order valence-corrected chi connectivity index (χ0v) is 20.4. The summed E-state index contributed by atoms with van der Waals surface area (Å²) < 4.78 is 0. The van der Waals surface area contributed by atoms with Crippen LogP contribution in [0, 0.1) is 0 Å². The van der Waals surface area contributed by atoms with Crippen molar-refractivity contribution in [3.8, 4) is 0 Å². The van der Waals surface area contributed by atoms with Crippen LogP contribution in [0.15, 0.2) is 43.0 Å². The minimum absolute atomic E-state index is 0.00723. The molecule has 202 valence electrons. The first-order valence-electron chi connectivity index (χ1n) is 11.7. The van der Waals surface area contributed by atoms with Gasteiger partial charge in [-0.1, -0.05) is 18.2 Å². The van der Waals surface area contributed by atoms with Gasteiger partial charge >= 0.3 is 11.9 Å². The van der Waals surface area contributed by atoms with Gasteiger partial charge in [0.05, 0.1) is 18.8 Å². The van der Waals surface area contributed by atoms with Crippen LogP contribution in [0.2, 0.25) is 0 Å². The number of rotatable bonds is 13. The van der Waals surface area contributed by atoms with Crippen molar-refractivity contribution in [2.24, 2.45) is 5.73 Å². The second-order valence-corrected chi connectivity index (χ2v) is 8.75. The lowest BCUT2D eigenvalue weighted by Crippen LogP contribution is -2.58. The smallest absolute Gasteiger partial charge is 0.326 e. The Hall–Kier alpha value is -4.72. The fourth-order valence-corrected chi connectivity index (χ4v) is 3.78. The van der Waals surface area contributed by atoms with Crippen molar-refractivity contribution < 1.29 is 34.2 Å². The van der Waals surface area contributed by atoms with Crippen LogP contribution in [-0.4, -0.2) is 79.0 Å². The molecule has 38 heavy (non-hydrogen) atoms. The summed E-state index contributed by atoms with van der Waals surface area (Å²) >= 11 is 0. The van der Waals surface area contributed by atoms with E-state index in [4.69, 9.17) is 5.73 Å². The van der Waals surface area contributed by atoms with Crippen molar-refractivity contribution >= 4 is 40.6 Å². The van der Waals surface area contributed by atoms with Crippen LogP contribution in [-0.2, 0) is 36.8 Å². The Balaban J connectivity index is 1.80. The third-order valence-corrected chi connectivity index (χ3v) is 5.75. The van der Waals surface area contributed by atoms with Crippen LogP contribution in [0.1, 0.15) is 24.6 Å². The Labute approximate surface area is 216 Å². The molecule has 14 nitrogen and oxygen atoms in total. The molecule has 3 amide bonds. The van der Waals surface area contributed by atoms with Gasteiger partial charge in [0.1, 0.15) is 18.1 Å². The van der Waals surface area contributed by atoms with Crippen molar-refractivity contribution in [3.63, 3.8) is 0 Å².